The van der Waals surface area contributed by atoms with Crippen LogP contribution in [0.1, 0.15) is 11.1 Å². The average molecular weight is 231 g/mol. The molecule has 0 unspecified atom stereocenters. The molecule has 0 atom stereocenters. The van der Waals surface area contributed by atoms with Gasteiger partial charge in [-0.05, 0) is 24.6 Å². The Morgan fingerprint density at radius 2 is 2.12 bits per heavy atom. The van der Waals surface area contributed by atoms with Crippen molar-refractivity contribution in [3.8, 4) is 0 Å². The van der Waals surface area contributed by atoms with E-state index in [4.69, 9.17) is 5.73 Å². The summed E-state index contributed by atoms with van der Waals surface area (Å²) in [5.74, 6) is 0.510. The topological polar surface area (TPSA) is 50.9 Å². The molecule has 3 nitrogen and oxygen atoms in total. The molecule has 1 aromatic carbocycles. The van der Waals surface area contributed by atoms with Crippen molar-refractivity contribution in [1.29, 1.82) is 0 Å². The molecular weight excluding hydrogens is 217 g/mol. The molecule has 0 amide bonds. The summed E-state index contributed by atoms with van der Waals surface area (Å²) in [4.78, 5) is 4.16. The fourth-order valence-corrected chi connectivity index (χ4v) is 1.60. The number of aromatic nitrogens is 1. The third kappa shape index (κ3) is 2.72. The lowest BCUT2D eigenvalue weighted by Gasteiger charge is -2.09. The van der Waals surface area contributed by atoms with E-state index in [0.29, 0.717) is 17.8 Å². The largest absolute Gasteiger partial charge is 0.397 e. The molecule has 1 aromatic heterocycles. The monoisotopic (exact) mass is 231 g/mol. The quantitative estimate of drug-likeness (QED) is 0.854. The first-order valence-corrected chi connectivity index (χ1v) is 5.36. The number of nitrogens with two attached hydrogens (primary N) is 1. The maximum absolute atomic E-state index is 13.4. The zero-order valence-electron chi connectivity index (χ0n) is 9.57. The summed E-state index contributed by atoms with van der Waals surface area (Å²) in [5.41, 5.74) is 7.79. The molecule has 0 aliphatic carbocycles. The SMILES string of the molecule is Cc1cc(N)cnc1NCc1ccccc1F. The van der Waals surface area contributed by atoms with Gasteiger partial charge in [-0.1, -0.05) is 18.2 Å². The number of hydrogen-bond donors (Lipinski definition) is 2. The molecule has 0 spiro atoms. The van der Waals surface area contributed by atoms with E-state index >= 15 is 0 Å². The maximum Gasteiger partial charge on any atom is 0.129 e. The van der Waals surface area contributed by atoms with E-state index in [9.17, 15) is 4.39 Å². The highest BCUT2D eigenvalue weighted by atomic mass is 19.1. The van der Waals surface area contributed by atoms with E-state index in [1.54, 1.807) is 18.3 Å². The summed E-state index contributed by atoms with van der Waals surface area (Å²) in [7, 11) is 0. The van der Waals surface area contributed by atoms with E-state index in [1.807, 2.05) is 19.1 Å². The van der Waals surface area contributed by atoms with E-state index in [0.717, 1.165) is 11.4 Å². The normalized spacial score (nSPS) is 10.2. The zero-order valence-corrected chi connectivity index (χ0v) is 9.57. The summed E-state index contributed by atoms with van der Waals surface area (Å²) in [5, 5.41) is 3.09. The highest BCUT2D eigenvalue weighted by Gasteiger charge is 2.03. The first-order chi connectivity index (χ1) is 8.16. The van der Waals surface area contributed by atoms with E-state index in [2.05, 4.69) is 10.3 Å². The van der Waals surface area contributed by atoms with Gasteiger partial charge in [-0.25, -0.2) is 9.37 Å². The zero-order chi connectivity index (χ0) is 12.3. The van der Waals surface area contributed by atoms with Crippen LogP contribution in [0.4, 0.5) is 15.9 Å². The van der Waals surface area contributed by atoms with Crippen LogP contribution < -0.4 is 11.1 Å². The summed E-state index contributed by atoms with van der Waals surface area (Å²) in [6, 6.07) is 8.50. The number of pyridine rings is 1. The van der Waals surface area contributed by atoms with Gasteiger partial charge in [0.1, 0.15) is 11.6 Å². The van der Waals surface area contributed by atoms with Gasteiger partial charge in [0, 0.05) is 12.1 Å². The Hall–Kier alpha value is -2.10. The standard InChI is InChI=1S/C13H14FN3/c1-9-6-11(15)8-17-13(9)16-7-10-4-2-3-5-12(10)14/h2-6,8H,7,15H2,1H3,(H,16,17). The molecule has 0 saturated heterocycles. The van der Waals surface area contributed by atoms with E-state index in [-0.39, 0.29) is 5.82 Å². The van der Waals surface area contributed by atoms with Crippen molar-refractivity contribution in [2.75, 3.05) is 11.1 Å². The minimum atomic E-state index is -0.215. The number of nitrogens with zero attached hydrogens (tertiary/aromatic N) is 1. The molecule has 4 heteroatoms. The van der Waals surface area contributed by atoms with Gasteiger partial charge in [-0.15, -0.1) is 0 Å². The van der Waals surface area contributed by atoms with Crippen LogP contribution in [0.25, 0.3) is 0 Å². The van der Waals surface area contributed by atoms with Crippen molar-refractivity contribution < 1.29 is 4.39 Å². The Bertz CT molecular complexity index is 526. The van der Waals surface area contributed by atoms with Gasteiger partial charge in [-0.3, -0.25) is 0 Å². The smallest absolute Gasteiger partial charge is 0.129 e. The van der Waals surface area contributed by atoms with E-state index < -0.39 is 0 Å². The molecule has 88 valence electrons. The van der Waals surface area contributed by atoms with Crippen molar-refractivity contribution >= 4 is 11.5 Å². The molecule has 0 aliphatic rings. The third-order valence-electron chi connectivity index (χ3n) is 2.50. The molecule has 2 rings (SSSR count). The number of aryl methyl sites for hydroxylation is 1. The third-order valence-corrected chi connectivity index (χ3v) is 2.50. The van der Waals surface area contributed by atoms with Crippen LogP contribution in [0.5, 0.6) is 0 Å². The molecule has 0 fully saturated rings. The molecule has 0 saturated carbocycles. The number of hydrogen-bond acceptors (Lipinski definition) is 3. The van der Waals surface area contributed by atoms with Crippen LogP contribution in [0.15, 0.2) is 36.5 Å². The summed E-state index contributed by atoms with van der Waals surface area (Å²) < 4.78 is 13.4. The van der Waals surface area contributed by atoms with Crippen molar-refractivity contribution in [2.45, 2.75) is 13.5 Å². The number of benzene rings is 1. The van der Waals surface area contributed by atoms with Crippen molar-refractivity contribution in [1.82, 2.24) is 4.98 Å². The number of halogens is 1. The summed E-state index contributed by atoms with van der Waals surface area (Å²) in [6.45, 7) is 2.32. The van der Waals surface area contributed by atoms with Crippen molar-refractivity contribution in [3.05, 3.63) is 53.5 Å². The lowest BCUT2D eigenvalue weighted by Crippen LogP contribution is -2.05. The van der Waals surface area contributed by atoms with Crippen LogP contribution >= 0.6 is 0 Å². The minimum absolute atomic E-state index is 0.215. The van der Waals surface area contributed by atoms with Gasteiger partial charge >= 0.3 is 0 Å². The molecule has 2 aromatic rings. The molecule has 3 N–H and O–H groups in total. The Labute approximate surface area is 99.5 Å². The van der Waals surface area contributed by atoms with Crippen molar-refractivity contribution in [2.24, 2.45) is 0 Å². The second-order valence-corrected chi connectivity index (χ2v) is 3.88. The van der Waals surface area contributed by atoms with Gasteiger partial charge in [0.05, 0.1) is 11.9 Å². The van der Waals surface area contributed by atoms with Crippen LogP contribution in [0.2, 0.25) is 0 Å². The lowest BCUT2D eigenvalue weighted by molar-refractivity contribution is 0.613. The number of nitrogen functional groups attached to an aromatic ring is 1. The Kier molecular flexibility index (Phi) is 3.23. The fraction of sp³-hybridized carbons (Fsp3) is 0.154. The number of nitrogens with one attached hydrogen (secondary N) is 1. The fourth-order valence-electron chi connectivity index (χ4n) is 1.60. The molecule has 0 aliphatic heterocycles. The van der Waals surface area contributed by atoms with Gasteiger partial charge in [-0.2, -0.15) is 0 Å². The predicted molar refractivity (Wildman–Crippen MR) is 67.1 cm³/mol. The molecule has 1 heterocycles. The van der Waals surface area contributed by atoms with E-state index in [1.165, 1.54) is 6.07 Å². The van der Waals surface area contributed by atoms with Gasteiger partial charge < -0.3 is 11.1 Å². The van der Waals surface area contributed by atoms with Gasteiger partial charge in [0.15, 0.2) is 0 Å². The van der Waals surface area contributed by atoms with Gasteiger partial charge in [0.2, 0.25) is 0 Å². The predicted octanol–water partition coefficient (Wildman–Crippen LogP) is 2.72. The summed E-state index contributed by atoms with van der Waals surface area (Å²) in [6.07, 6.45) is 1.58. The molecule has 17 heavy (non-hydrogen) atoms. The van der Waals surface area contributed by atoms with Crippen LogP contribution in [0.3, 0.4) is 0 Å². The highest BCUT2D eigenvalue weighted by Crippen LogP contribution is 2.15. The van der Waals surface area contributed by atoms with Crippen molar-refractivity contribution in [3.63, 3.8) is 0 Å². The van der Waals surface area contributed by atoms with Crippen LogP contribution in [-0.4, -0.2) is 4.98 Å². The van der Waals surface area contributed by atoms with Crippen LogP contribution in [-0.2, 0) is 6.54 Å². The summed E-state index contributed by atoms with van der Waals surface area (Å²) >= 11 is 0. The Balaban J connectivity index is 2.10. The lowest BCUT2D eigenvalue weighted by atomic mass is 10.2. The maximum atomic E-state index is 13.4. The first kappa shape index (κ1) is 11.4. The number of rotatable bonds is 3. The molecular formula is C13H14FN3. The molecule has 0 radical (unpaired) electrons. The highest BCUT2D eigenvalue weighted by molar-refractivity contribution is 5.51. The Morgan fingerprint density at radius 3 is 2.82 bits per heavy atom. The average Bonchev–Trinajstić information content (AvgIpc) is 2.30. The molecule has 0 bridgehead atoms. The second-order valence-electron chi connectivity index (χ2n) is 3.88. The second kappa shape index (κ2) is 4.82. The minimum Gasteiger partial charge on any atom is -0.397 e. The Morgan fingerprint density at radius 1 is 1.35 bits per heavy atom. The van der Waals surface area contributed by atoms with Crippen LogP contribution in [0, 0.1) is 12.7 Å². The first-order valence-electron chi connectivity index (χ1n) is 5.36. The van der Waals surface area contributed by atoms with Gasteiger partial charge in [0.25, 0.3) is 0 Å². The number of anilines is 2.